The monoisotopic (exact) mass is 247 g/mol. The number of benzene rings is 1. The Kier molecular flexibility index (Phi) is 2.32. The maximum absolute atomic E-state index is 10.8. The van der Waals surface area contributed by atoms with Crippen molar-refractivity contribution in [3.8, 4) is 5.75 Å². The predicted octanol–water partition coefficient (Wildman–Crippen LogP) is 1.60. The van der Waals surface area contributed by atoms with Crippen LogP contribution in [0.25, 0.3) is 10.9 Å². The largest absolute Gasteiger partial charge is 0.508 e. The summed E-state index contributed by atoms with van der Waals surface area (Å²) < 4.78 is 26.5. The van der Waals surface area contributed by atoms with E-state index in [1.807, 2.05) is 0 Å². The van der Waals surface area contributed by atoms with Gasteiger partial charge >= 0.3 is 0 Å². The molecule has 0 spiro atoms. The smallest absolute Gasteiger partial charge is 0.240 e. The molecule has 1 heterocycles. The molecule has 7 heteroatoms. The average molecular weight is 248 g/mol. The summed E-state index contributed by atoms with van der Waals surface area (Å²) in [5.74, 6) is -0.316. The molecule has 5 nitrogen and oxygen atoms in total. The molecule has 0 amide bonds. The van der Waals surface area contributed by atoms with E-state index < -0.39 is 14.8 Å². The van der Waals surface area contributed by atoms with Gasteiger partial charge in [-0.1, -0.05) is 5.16 Å². The molecule has 0 fully saturated rings. The van der Waals surface area contributed by atoms with Crippen LogP contribution in [0.3, 0.4) is 0 Å². The van der Waals surface area contributed by atoms with E-state index in [0.29, 0.717) is 10.9 Å². The Morgan fingerprint density at radius 1 is 1.47 bits per heavy atom. The van der Waals surface area contributed by atoms with Crippen molar-refractivity contribution in [2.24, 2.45) is 0 Å². The van der Waals surface area contributed by atoms with Crippen molar-refractivity contribution in [2.45, 2.75) is 5.75 Å². The highest BCUT2D eigenvalue weighted by Gasteiger charge is 2.15. The van der Waals surface area contributed by atoms with Gasteiger partial charge in [0.05, 0.1) is 0 Å². The van der Waals surface area contributed by atoms with E-state index >= 15 is 0 Å². The fraction of sp³-hybridized carbons (Fsp3) is 0.125. The number of phenolic OH excluding ortho intramolecular Hbond substituents is 1. The molecule has 80 valence electrons. The summed E-state index contributed by atoms with van der Waals surface area (Å²) in [5.41, 5.74) is 0.475. The Bertz CT molecular complexity index is 604. The number of aromatic nitrogens is 1. The van der Waals surface area contributed by atoms with E-state index in [4.69, 9.17) is 15.2 Å². The van der Waals surface area contributed by atoms with E-state index in [0.717, 1.165) is 0 Å². The second kappa shape index (κ2) is 3.39. The Morgan fingerprint density at radius 3 is 2.87 bits per heavy atom. The Labute approximate surface area is 89.7 Å². The lowest BCUT2D eigenvalue weighted by Gasteiger charge is -1.93. The summed E-state index contributed by atoms with van der Waals surface area (Å²) in [6.45, 7) is 0. The Balaban J connectivity index is 2.57. The maximum atomic E-state index is 10.8. The lowest BCUT2D eigenvalue weighted by Crippen LogP contribution is -1.93. The van der Waals surface area contributed by atoms with Gasteiger partial charge in [0.15, 0.2) is 5.76 Å². The highest BCUT2D eigenvalue weighted by molar-refractivity contribution is 8.13. The van der Waals surface area contributed by atoms with Crippen molar-refractivity contribution in [1.29, 1.82) is 0 Å². The van der Waals surface area contributed by atoms with Gasteiger partial charge < -0.3 is 9.63 Å². The molecule has 2 aromatic rings. The highest BCUT2D eigenvalue weighted by atomic mass is 35.7. The van der Waals surface area contributed by atoms with E-state index in [1.54, 1.807) is 0 Å². The van der Waals surface area contributed by atoms with Gasteiger partial charge in [0.25, 0.3) is 0 Å². The fourth-order valence-corrected chi connectivity index (χ4v) is 2.06. The number of nitrogens with zero attached hydrogens (tertiary/aromatic N) is 1. The summed E-state index contributed by atoms with van der Waals surface area (Å²) in [7, 11) is 1.39. The van der Waals surface area contributed by atoms with Crippen LogP contribution in [0.4, 0.5) is 0 Å². The van der Waals surface area contributed by atoms with Gasteiger partial charge in [-0.3, -0.25) is 0 Å². The summed E-state index contributed by atoms with van der Waals surface area (Å²) in [5, 5.41) is 13.3. The highest BCUT2D eigenvalue weighted by Crippen LogP contribution is 2.24. The third-order valence-electron chi connectivity index (χ3n) is 1.84. The molecule has 1 aromatic heterocycles. The normalized spacial score (nSPS) is 12.1. The van der Waals surface area contributed by atoms with Crippen molar-refractivity contribution in [3.63, 3.8) is 0 Å². The Hall–Kier alpha value is -1.27. The van der Waals surface area contributed by atoms with Gasteiger partial charge in [0.1, 0.15) is 17.0 Å². The van der Waals surface area contributed by atoms with Gasteiger partial charge in [0.2, 0.25) is 9.05 Å². The van der Waals surface area contributed by atoms with E-state index in [1.165, 1.54) is 18.2 Å². The van der Waals surface area contributed by atoms with E-state index in [9.17, 15) is 13.5 Å². The second-order valence-corrected chi connectivity index (χ2v) is 5.77. The summed E-state index contributed by atoms with van der Waals surface area (Å²) in [6, 6.07) is 4.34. The molecule has 0 aliphatic rings. The van der Waals surface area contributed by atoms with E-state index in [2.05, 4.69) is 5.16 Å². The minimum atomic E-state index is -3.69. The molecule has 1 aromatic carbocycles. The number of rotatable bonds is 2. The van der Waals surface area contributed by atoms with Gasteiger partial charge in [-0.25, -0.2) is 8.42 Å². The molecule has 15 heavy (non-hydrogen) atoms. The van der Waals surface area contributed by atoms with Crippen LogP contribution >= 0.6 is 10.7 Å². The number of aromatic hydroxyl groups is 1. The minimum absolute atomic E-state index is 0.0129. The third-order valence-corrected chi connectivity index (χ3v) is 2.77. The first-order chi connectivity index (χ1) is 6.96. The number of hydrogen-bond donors (Lipinski definition) is 1. The number of hydrogen-bond acceptors (Lipinski definition) is 5. The van der Waals surface area contributed by atoms with Crippen molar-refractivity contribution >= 4 is 30.6 Å². The molecule has 1 N–H and O–H groups in total. The van der Waals surface area contributed by atoms with E-state index in [-0.39, 0.29) is 11.5 Å². The number of phenols is 1. The van der Waals surface area contributed by atoms with Crippen LogP contribution in [-0.2, 0) is 14.8 Å². The maximum Gasteiger partial charge on any atom is 0.240 e. The molecule has 0 bridgehead atoms. The first-order valence-corrected chi connectivity index (χ1v) is 6.43. The molecular formula is C8H6ClNO4S. The summed E-state index contributed by atoms with van der Waals surface area (Å²) in [6.07, 6.45) is 0. The third kappa shape index (κ3) is 2.21. The van der Waals surface area contributed by atoms with Crippen LogP contribution in [0, 0.1) is 0 Å². The zero-order chi connectivity index (χ0) is 11.1. The zero-order valence-electron chi connectivity index (χ0n) is 7.34. The molecular weight excluding hydrogens is 242 g/mol. The van der Waals surface area contributed by atoms with Gasteiger partial charge in [-0.05, 0) is 18.2 Å². The van der Waals surface area contributed by atoms with Gasteiger partial charge in [0, 0.05) is 16.1 Å². The average Bonchev–Trinajstić information content (AvgIpc) is 2.46. The van der Waals surface area contributed by atoms with Crippen LogP contribution in [0.15, 0.2) is 22.7 Å². The van der Waals surface area contributed by atoms with Gasteiger partial charge in [-0.2, -0.15) is 0 Å². The van der Waals surface area contributed by atoms with Crippen molar-refractivity contribution in [2.75, 3.05) is 0 Å². The van der Waals surface area contributed by atoms with Crippen LogP contribution in [0.5, 0.6) is 5.75 Å². The van der Waals surface area contributed by atoms with Crippen LogP contribution in [0.1, 0.15) is 5.76 Å². The standard InChI is InChI=1S/C8H6ClNO4S/c9-15(12,13)4-8-6-3-5(11)1-2-7(6)10-14-8/h1-3,11H,4H2. The fourth-order valence-electron chi connectivity index (χ4n) is 1.24. The summed E-state index contributed by atoms with van der Waals surface area (Å²) >= 11 is 0. The van der Waals surface area contributed by atoms with Crippen molar-refractivity contribution < 1.29 is 18.0 Å². The van der Waals surface area contributed by atoms with Crippen molar-refractivity contribution in [3.05, 3.63) is 24.0 Å². The number of fused-ring (bicyclic) bond motifs is 1. The Morgan fingerprint density at radius 2 is 2.20 bits per heavy atom. The first-order valence-electron chi connectivity index (χ1n) is 3.95. The van der Waals surface area contributed by atoms with Crippen LogP contribution in [-0.4, -0.2) is 18.7 Å². The molecule has 0 radical (unpaired) electrons. The number of halogens is 1. The molecule has 0 aliphatic carbocycles. The van der Waals surface area contributed by atoms with Crippen LogP contribution in [0.2, 0.25) is 0 Å². The topological polar surface area (TPSA) is 80.4 Å². The zero-order valence-corrected chi connectivity index (χ0v) is 8.92. The molecule has 0 unspecified atom stereocenters. The van der Waals surface area contributed by atoms with Crippen molar-refractivity contribution in [1.82, 2.24) is 5.16 Å². The molecule has 2 rings (SSSR count). The quantitative estimate of drug-likeness (QED) is 0.816. The SMILES string of the molecule is O=S(=O)(Cl)Cc1onc2ccc(O)cc12. The minimum Gasteiger partial charge on any atom is -0.508 e. The summed E-state index contributed by atoms with van der Waals surface area (Å²) in [4.78, 5) is 0. The predicted molar refractivity (Wildman–Crippen MR) is 54.2 cm³/mol. The first kappa shape index (κ1) is 10.3. The van der Waals surface area contributed by atoms with Crippen LogP contribution < -0.4 is 0 Å². The lowest BCUT2D eigenvalue weighted by atomic mass is 10.2. The second-order valence-electron chi connectivity index (χ2n) is 2.99. The molecule has 0 aliphatic heterocycles. The molecule has 0 atom stereocenters. The molecule has 0 saturated heterocycles. The van der Waals surface area contributed by atoms with Gasteiger partial charge in [-0.15, -0.1) is 0 Å². The lowest BCUT2D eigenvalue weighted by molar-refractivity contribution is 0.401. The molecule has 0 saturated carbocycles.